The molecule has 1 aromatic rings. The van der Waals surface area contributed by atoms with E-state index in [1.807, 2.05) is 0 Å². The quantitative estimate of drug-likeness (QED) is 0.463. The molecule has 1 rings (SSSR count). The maximum Gasteiger partial charge on any atom is 0.408 e. The topological polar surface area (TPSA) is 134 Å². The van der Waals surface area contributed by atoms with Gasteiger partial charge in [0.1, 0.15) is 30.0 Å². The van der Waals surface area contributed by atoms with Crippen molar-refractivity contribution in [2.75, 3.05) is 20.2 Å². The van der Waals surface area contributed by atoms with Gasteiger partial charge in [-0.1, -0.05) is 19.9 Å². The molecule has 3 amide bonds. The lowest BCUT2D eigenvalue weighted by molar-refractivity contribution is -0.145. The lowest BCUT2D eigenvalue weighted by atomic mass is 9.98. The molecule has 10 heteroatoms. The maximum atomic E-state index is 13.6. The first-order chi connectivity index (χ1) is 15.7. The van der Waals surface area contributed by atoms with Crippen molar-refractivity contribution in [3.8, 4) is 5.75 Å². The molecule has 0 spiro atoms. The molecule has 0 saturated carbocycles. The Morgan fingerprint density at radius 1 is 1.15 bits per heavy atom. The van der Waals surface area contributed by atoms with Crippen LogP contribution in [0.1, 0.15) is 58.7 Å². The van der Waals surface area contributed by atoms with E-state index in [4.69, 9.17) is 4.74 Å². The van der Waals surface area contributed by atoms with Crippen LogP contribution < -0.4 is 10.6 Å². The van der Waals surface area contributed by atoms with Crippen molar-refractivity contribution in [2.24, 2.45) is 5.92 Å². The van der Waals surface area contributed by atoms with E-state index < -0.39 is 41.6 Å². The number of esters is 1. The minimum absolute atomic E-state index is 0.0403. The van der Waals surface area contributed by atoms with Gasteiger partial charge in [0, 0.05) is 6.54 Å². The predicted octanol–water partition coefficient (Wildman–Crippen LogP) is 2.43. The predicted molar refractivity (Wildman–Crippen MR) is 126 cm³/mol. The Balaban J connectivity index is 3.37. The smallest absolute Gasteiger partial charge is 0.408 e. The first kappa shape index (κ1) is 28.7. The first-order valence-electron chi connectivity index (χ1n) is 11.2. The minimum atomic E-state index is -1.12. The highest BCUT2D eigenvalue weighted by molar-refractivity contribution is 5.93. The monoisotopic (exact) mass is 479 g/mol. The highest BCUT2D eigenvalue weighted by Crippen LogP contribution is 2.27. The molecule has 2 unspecified atom stereocenters. The number of rotatable bonds is 9. The number of likely N-dealkylation sites (N-methyl/N-ethyl adjacent to an activating group) is 1. The third-order valence-corrected chi connectivity index (χ3v) is 4.96. The number of carbonyl (C=O) groups excluding carboxylic acids is 4. The Morgan fingerprint density at radius 3 is 2.24 bits per heavy atom. The van der Waals surface area contributed by atoms with Crippen molar-refractivity contribution in [1.82, 2.24) is 15.5 Å². The Bertz CT molecular complexity index is 893. The number of nitrogens with zero attached hydrogens (tertiary/aromatic N) is 1. The van der Waals surface area contributed by atoms with Gasteiger partial charge in [0.2, 0.25) is 11.8 Å². The van der Waals surface area contributed by atoms with Gasteiger partial charge >= 0.3 is 12.1 Å². The van der Waals surface area contributed by atoms with Crippen LogP contribution in [-0.2, 0) is 23.9 Å². The van der Waals surface area contributed by atoms with E-state index in [-0.39, 0.29) is 24.8 Å². The van der Waals surface area contributed by atoms with Crippen LogP contribution in [0.2, 0.25) is 0 Å². The Kier molecular flexibility index (Phi) is 10.3. The molecule has 34 heavy (non-hydrogen) atoms. The van der Waals surface area contributed by atoms with Crippen LogP contribution in [0.15, 0.2) is 18.2 Å². The van der Waals surface area contributed by atoms with Gasteiger partial charge in [0.15, 0.2) is 0 Å². The Morgan fingerprint density at radius 2 is 1.76 bits per heavy atom. The van der Waals surface area contributed by atoms with E-state index >= 15 is 0 Å². The van der Waals surface area contributed by atoms with Crippen molar-refractivity contribution >= 4 is 23.9 Å². The van der Waals surface area contributed by atoms with E-state index in [1.54, 1.807) is 54.5 Å². The summed E-state index contributed by atoms with van der Waals surface area (Å²) >= 11 is 0. The normalized spacial score (nSPS) is 13.0. The molecule has 0 aromatic heterocycles. The van der Waals surface area contributed by atoms with Gasteiger partial charge < -0.3 is 30.1 Å². The summed E-state index contributed by atoms with van der Waals surface area (Å²) in [4.78, 5) is 52.1. The zero-order chi connectivity index (χ0) is 26.2. The molecular formula is C24H37N3O7. The summed E-state index contributed by atoms with van der Waals surface area (Å²) in [6.07, 6.45) is -0.747. The first-order valence-corrected chi connectivity index (χ1v) is 11.2. The van der Waals surface area contributed by atoms with E-state index in [1.165, 1.54) is 24.1 Å². The number of aromatic hydroxyl groups is 1. The number of carbonyl (C=O) groups is 4. The zero-order valence-corrected chi connectivity index (χ0v) is 21.2. The number of methoxy groups -OCH3 is 1. The Hall–Kier alpha value is -3.30. The van der Waals surface area contributed by atoms with E-state index in [2.05, 4.69) is 15.4 Å². The fourth-order valence-electron chi connectivity index (χ4n) is 3.24. The van der Waals surface area contributed by atoms with Crippen molar-refractivity contribution in [3.63, 3.8) is 0 Å². The fraction of sp³-hybridized carbons (Fsp3) is 0.583. The highest BCUT2D eigenvalue weighted by Gasteiger charge is 2.37. The van der Waals surface area contributed by atoms with Crippen LogP contribution in [0.5, 0.6) is 5.75 Å². The summed E-state index contributed by atoms with van der Waals surface area (Å²) in [5.41, 5.74) is 0.200. The third kappa shape index (κ3) is 8.24. The molecule has 10 nitrogen and oxygen atoms in total. The lowest BCUT2D eigenvalue weighted by Crippen LogP contribution is -2.55. The number of aryl methyl sites for hydroxylation is 1. The molecule has 0 aliphatic rings. The standard InChI is InChI=1S/C24H37N3O7/c1-9-27(22(31)19(14(2)3)26-23(32)34-24(5,6)7)20(21(30)25-13-18(29)33-8)16-10-11-17(28)15(4)12-16/h10-12,14,19-20,28H,9,13H2,1-8H3,(H,25,30)(H,26,32). The van der Waals surface area contributed by atoms with Crippen molar-refractivity contribution in [3.05, 3.63) is 29.3 Å². The van der Waals surface area contributed by atoms with Gasteiger partial charge in [-0.2, -0.15) is 0 Å². The number of hydrogen-bond donors (Lipinski definition) is 3. The second kappa shape index (κ2) is 12.2. The van der Waals surface area contributed by atoms with Gasteiger partial charge in [0.05, 0.1) is 7.11 Å². The third-order valence-electron chi connectivity index (χ3n) is 4.96. The second-order valence-corrected chi connectivity index (χ2v) is 9.23. The summed E-state index contributed by atoms with van der Waals surface area (Å²) in [5, 5.41) is 15.0. The second-order valence-electron chi connectivity index (χ2n) is 9.23. The number of nitrogens with one attached hydrogen (secondary N) is 2. The number of ether oxygens (including phenoxy) is 2. The van der Waals surface area contributed by atoms with E-state index in [0.717, 1.165) is 0 Å². The van der Waals surface area contributed by atoms with Crippen molar-refractivity contribution < 1.29 is 33.8 Å². The molecule has 0 aliphatic carbocycles. The summed E-state index contributed by atoms with van der Waals surface area (Å²) in [6.45, 7) is 11.8. The van der Waals surface area contributed by atoms with Crippen LogP contribution in [0, 0.1) is 12.8 Å². The van der Waals surface area contributed by atoms with E-state index in [0.29, 0.717) is 11.1 Å². The summed E-state index contributed by atoms with van der Waals surface area (Å²) < 4.78 is 9.88. The van der Waals surface area contributed by atoms with Crippen LogP contribution >= 0.6 is 0 Å². The van der Waals surface area contributed by atoms with Crippen LogP contribution in [0.4, 0.5) is 4.79 Å². The molecule has 0 fully saturated rings. The highest BCUT2D eigenvalue weighted by atomic mass is 16.6. The number of alkyl carbamates (subject to hydrolysis) is 1. The number of phenols is 1. The maximum absolute atomic E-state index is 13.6. The van der Waals surface area contributed by atoms with Gasteiger partial charge in [-0.05, 0) is 63.8 Å². The molecule has 0 bridgehead atoms. The fourth-order valence-corrected chi connectivity index (χ4v) is 3.24. The SMILES string of the molecule is CCN(C(=O)C(NC(=O)OC(C)(C)C)C(C)C)C(C(=O)NCC(=O)OC)c1ccc(O)c(C)c1. The van der Waals surface area contributed by atoms with Crippen molar-refractivity contribution in [2.45, 2.75) is 66.2 Å². The van der Waals surface area contributed by atoms with Crippen LogP contribution in [-0.4, -0.2) is 65.7 Å². The average Bonchev–Trinajstić information content (AvgIpc) is 2.73. The van der Waals surface area contributed by atoms with Crippen molar-refractivity contribution in [1.29, 1.82) is 0 Å². The molecule has 3 N–H and O–H groups in total. The molecule has 0 radical (unpaired) electrons. The molecule has 0 aliphatic heterocycles. The Labute approximate surface area is 201 Å². The summed E-state index contributed by atoms with van der Waals surface area (Å²) in [5.74, 6) is -2.01. The number of phenolic OH excluding ortho intramolecular Hbond substituents is 1. The molecule has 2 atom stereocenters. The minimum Gasteiger partial charge on any atom is -0.508 e. The molecule has 0 heterocycles. The van der Waals surface area contributed by atoms with Gasteiger partial charge in [-0.25, -0.2) is 4.79 Å². The van der Waals surface area contributed by atoms with Crippen LogP contribution in [0.3, 0.4) is 0 Å². The van der Waals surface area contributed by atoms with Gasteiger partial charge in [0.25, 0.3) is 0 Å². The summed E-state index contributed by atoms with van der Waals surface area (Å²) in [7, 11) is 1.20. The van der Waals surface area contributed by atoms with Crippen LogP contribution in [0.25, 0.3) is 0 Å². The average molecular weight is 480 g/mol. The lowest BCUT2D eigenvalue weighted by Gasteiger charge is -2.35. The van der Waals surface area contributed by atoms with E-state index in [9.17, 15) is 24.3 Å². The van der Waals surface area contributed by atoms with Gasteiger partial charge in [-0.3, -0.25) is 14.4 Å². The summed E-state index contributed by atoms with van der Waals surface area (Å²) in [6, 6.07) is 2.47. The molecular weight excluding hydrogens is 442 g/mol. The number of amides is 3. The molecule has 1 aromatic carbocycles. The zero-order valence-electron chi connectivity index (χ0n) is 21.2. The largest absolute Gasteiger partial charge is 0.508 e. The molecule has 0 saturated heterocycles. The number of benzene rings is 1. The number of hydrogen-bond acceptors (Lipinski definition) is 7. The van der Waals surface area contributed by atoms with Gasteiger partial charge in [-0.15, -0.1) is 0 Å². The molecule has 190 valence electrons.